The number of benzene rings is 1. The van der Waals surface area contributed by atoms with E-state index in [0.717, 1.165) is 36.6 Å². The molecule has 2 aromatic rings. The van der Waals surface area contributed by atoms with E-state index in [0.29, 0.717) is 6.54 Å². The standard InChI is InChI=1S/C16H21N5O2/c1-3-15-19-17-11-21(15)13-8-9-20(10-13)16(22)18-12-4-6-14(23-2)7-5-12/h4-7,11,13H,3,8-10H2,1-2H3,(H,18,22). The van der Waals surface area contributed by atoms with E-state index in [4.69, 9.17) is 4.74 Å². The van der Waals surface area contributed by atoms with Gasteiger partial charge in [0.1, 0.15) is 17.9 Å². The van der Waals surface area contributed by atoms with Gasteiger partial charge in [0.2, 0.25) is 0 Å². The minimum absolute atomic E-state index is 0.0798. The molecule has 122 valence electrons. The minimum Gasteiger partial charge on any atom is -0.497 e. The molecule has 1 aliphatic rings. The molecule has 7 heteroatoms. The van der Waals surface area contributed by atoms with Crippen LogP contribution in [0.4, 0.5) is 10.5 Å². The van der Waals surface area contributed by atoms with Gasteiger partial charge in [-0.2, -0.15) is 0 Å². The first kappa shape index (κ1) is 15.3. The maximum Gasteiger partial charge on any atom is 0.321 e. The third kappa shape index (κ3) is 3.28. The van der Waals surface area contributed by atoms with Crippen LogP contribution in [0.25, 0.3) is 0 Å². The van der Waals surface area contributed by atoms with E-state index in [1.807, 2.05) is 29.2 Å². The van der Waals surface area contributed by atoms with Crippen LogP contribution in [-0.4, -0.2) is 45.9 Å². The van der Waals surface area contributed by atoms with Crippen molar-refractivity contribution in [3.63, 3.8) is 0 Å². The Morgan fingerprint density at radius 2 is 2.17 bits per heavy atom. The van der Waals surface area contributed by atoms with Crippen LogP contribution in [0.5, 0.6) is 5.75 Å². The van der Waals surface area contributed by atoms with Crippen molar-refractivity contribution in [3.8, 4) is 5.75 Å². The molecule has 1 aromatic heterocycles. The first-order valence-corrected chi connectivity index (χ1v) is 7.79. The average molecular weight is 315 g/mol. The normalized spacial score (nSPS) is 17.3. The Morgan fingerprint density at radius 1 is 1.39 bits per heavy atom. The van der Waals surface area contributed by atoms with E-state index in [2.05, 4.69) is 27.0 Å². The second-order valence-electron chi connectivity index (χ2n) is 5.56. The number of rotatable bonds is 4. The smallest absolute Gasteiger partial charge is 0.321 e. The summed E-state index contributed by atoms with van der Waals surface area (Å²) < 4.78 is 7.20. The summed E-state index contributed by atoms with van der Waals surface area (Å²) in [5.74, 6) is 1.73. The number of likely N-dealkylation sites (tertiary alicyclic amines) is 1. The zero-order valence-electron chi connectivity index (χ0n) is 13.4. The molecule has 1 atom stereocenters. The number of hydrogen-bond acceptors (Lipinski definition) is 4. The topological polar surface area (TPSA) is 72.3 Å². The van der Waals surface area contributed by atoms with Gasteiger partial charge in [-0.15, -0.1) is 10.2 Å². The summed E-state index contributed by atoms with van der Waals surface area (Å²) in [5.41, 5.74) is 0.762. The lowest BCUT2D eigenvalue weighted by molar-refractivity contribution is 0.221. The Morgan fingerprint density at radius 3 is 2.87 bits per heavy atom. The van der Waals surface area contributed by atoms with Crippen molar-refractivity contribution >= 4 is 11.7 Å². The predicted octanol–water partition coefficient (Wildman–Crippen LogP) is 2.33. The highest BCUT2D eigenvalue weighted by Crippen LogP contribution is 2.23. The summed E-state index contributed by atoms with van der Waals surface area (Å²) in [6.07, 6.45) is 3.52. The highest BCUT2D eigenvalue weighted by Gasteiger charge is 2.28. The number of amides is 2. The molecule has 1 fully saturated rings. The summed E-state index contributed by atoms with van der Waals surface area (Å²) in [5, 5.41) is 11.0. The number of carbonyl (C=O) groups is 1. The van der Waals surface area contributed by atoms with E-state index < -0.39 is 0 Å². The number of carbonyl (C=O) groups excluding carboxylic acids is 1. The fraction of sp³-hybridized carbons (Fsp3) is 0.438. The number of hydrogen-bond donors (Lipinski definition) is 1. The van der Waals surface area contributed by atoms with Gasteiger partial charge >= 0.3 is 6.03 Å². The summed E-state index contributed by atoms with van der Waals surface area (Å²) in [4.78, 5) is 14.2. The van der Waals surface area contributed by atoms with Crippen molar-refractivity contribution in [2.75, 3.05) is 25.5 Å². The highest BCUT2D eigenvalue weighted by atomic mass is 16.5. The Bertz CT molecular complexity index is 667. The maximum absolute atomic E-state index is 12.4. The van der Waals surface area contributed by atoms with E-state index in [-0.39, 0.29) is 12.1 Å². The Kier molecular flexibility index (Phi) is 4.45. The number of aryl methyl sites for hydroxylation is 1. The first-order valence-electron chi connectivity index (χ1n) is 7.79. The largest absolute Gasteiger partial charge is 0.497 e. The van der Waals surface area contributed by atoms with Gasteiger partial charge in [0, 0.05) is 25.2 Å². The number of ether oxygens (including phenoxy) is 1. The molecule has 7 nitrogen and oxygen atoms in total. The quantitative estimate of drug-likeness (QED) is 0.940. The first-order chi connectivity index (χ1) is 11.2. The Hall–Kier alpha value is -2.57. The molecule has 1 N–H and O–H groups in total. The van der Waals surface area contributed by atoms with Gasteiger partial charge in [-0.1, -0.05) is 6.92 Å². The molecule has 1 aromatic carbocycles. The molecule has 2 heterocycles. The maximum atomic E-state index is 12.4. The summed E-state index contributed by atoms with van der Waals surface area (Å²) >= 11 is 0. The monoisotopic (exact) mass is 315 g/mol. The minimum atomic E-state index is -0.0798. The fourth-order valence-corrected chi connectivity index (χ4v) is 2.85. The van der Waals surface area contributed by atoms with E-state index in [1.54, 1.807) is 13.4 Å². The molecule has 1 aliphatic heterocycles. The zero-order valence-corrected chi connectivity index (χ0v) is 13.4. The zero-order chi connectivity index (χ0) is 16.2. The fourth-order valence-electron chi connectivity index (χ4n) is 2.85. The molecular weight excluding hydrogens is 294 g/mol. The second kappa shape index (κ2) is 6.68. The average Bonchev–Trinajstić information content (AvgIpc) is 3.24. The molecule has 0 spiro atoms. The van der Waals surface area contributed by atoms with Gasteiger partial charge in [-0.25, -0.2) is 4.79 Å². The number of aromatic nitrogens is 3. The van der Waals surface area contributed by atoms with Crippen molar-refractivity contribution < 1.29 is 9.53 Å². The van der Waals surface area contributed by atoms with Crippen LogP contribution >= 0.6 is 0 Å². The molecule has 1 unspecified atom stereocenters. The lowest BCUT2D eigenvalue weighted by Crippen LogP contribution is -2.33. The van der Waals surface area contributed by atoms with Crippen LogP contribution in [0.3, 0.4) is 0 Å². The number of nitrogens with one attached hydrogen (secondary N) is 1. The highest BCUT2D eigenvalue weighted by molar-refractivity contribution is 5.89. The molecule has 2 amide bonds. The van der Waals surface area contributed by atoms with E-state index in [9.17, 15) is 4.79 Å². The summed E-state index contributed by atoms with van der Waals surface area (Å²) in [7, 11) is 1.62. The van der Waals surface area contributed by atoms with E-state index in [1.165, 1.54) is 0 Å². The molecule has 0 radical (unpaired) electrons. The molecule has 1 saturated heterocycles. The van der Waals surface area contributed by atoms with Gasteiger partial charge in [-0.3, -0.25) is 0 Å². The van der Waals surface area contributed by atoms with Crippen LogP contribution in [0.15, 0.2) is 30.6 Å². The van der Waals surface area contributed by atoms with Crippen LogP contribution in [0.2, 0.25) is 0 Å². The van der Waals surface area contributed by atoms with Gasteiger partial charge in [0.15, 0.2) is 0 Å². The molecular formula is C16H21N5O2. The summed E-state index contributed by atoms with van der Waals surface area (Å²) in [6.45, 7) is 3.46. The molecule has 0 bridgehead atoms. The van der Waals surface area contributed by atoms with Crippen molar-refractivity contribution in [1.29, 1.82) is 0 Å². The Labute approximate surface area is 135 Å². The van der Waals surface area contributed by atoms with E-state index >= 15 is 0 Å². The number of anilines is 1. The van der Waals surface area contributed by atoms with Crippen LogP contribution in [0, 0.1) is 0 Å². The van der Waals surface area contributed by atoms with Gasteiger partial charge in [0.05, 0.1) is 13.2 Å². The second-order valence-corrected chi connectivity index (χ2v) is 5.56. The SMILES string of the molecule is CCc1nncn1C1CCN(C(=O)Nc2ccc(OC)cc2)C1. The Balaban J connectivity index is 1.60. The third-order valence-corrected chi connectivity index (χ3v) is 4.15. The van der Waals surface area contributed by atoms with Crippen molar-refractivity contribution in [2.24, 2.45) is 0 Å². The molecule has 0 saturated carbocycles. The van der Waals surface area contributed by atoms with Crippen LogP contribution in [0.1, 0.15) is 25.2 Å². The molecule has 23 heavy (non-hydrogen) atoms. The number of urea groups is 1. The summed E-state index contributed by atoms with van der Waals surface area (Å²) in [6, 6.07) is 7.49. The van der Waals surface area contributed by atoms with Crippen LogP contribution < -0.4 is 10.1 Å². The van der Waals surface area contributed by atoms with Crippen LogP contribution in [-0.2, 0) is 6.42 Å². The van der Waals surface area contributed by atoms with Gasteiger partial charge in [-0.05, 0) is 30.7 Å². The van der Waals surface area contributed by atoms with Crippen molar-refractivity contribution in [3.05, 3.63) is 36.4 Å². The lowest BCUT2D eigenvalue weighted by Gasteiger charge is -2.18. The van der Waals surface area contributed by atoms with Crippen molar-refractivity contribution in [2.45, 2.75) is 25.8 Å². The van der Waals surface area contributed by atoms with Gasteiger partial charge in [0.25, 0.3) is 0 Å². The lowest BCUT2D eigenvalue weighted by atomic mass is 10.2. The third-order valence-electron chi connectivity index (χ3n) is 4.15. The number of nitrogens with zero attached hydrogens (tertiary/aromatic N) is 4. The number of methoxy groups -OCH3 is 1. The van der Waals surface area contributed by atoms with Gasteiger partial charge < -0.3 is 19.5 Å². The molecule has 3 rings (SSSR count). The molecule has 0 aliphatic carbocycles. The predicted molar refractivity (Wildman–Crippen MR) is 86.6 cm³/mol. The van der Waals surface area contributed by atoms with Crippen molar-refractivity contribution in [1.82, 2.24) is 19.7 Å².